The van der Waals surface area contributed by atoms with E-state index in [2.05, 4.69) is 23.2 Å². The van der Waals surface area contributed by atoms with Crippen LogP contribution in [0.15, 0.2) is 42.5 Å². The van der Waals surface area contributed by atoms with Crippen molar-refractivity contribution >= 4 is 16.7 Å². The van der Waals surface area contributed by atoms with Crippen LogP contribution < -0.4 is 10.1 Å². The first kappa shape index (κ1) is 17.7. The number of nitrogens with zero attached hydrogens (tertiary/aromatic N) is 1. The molecule has 1 aliphatic heterocycles. The number of fused-ring (bicyclic) bond motifs is 1. The molecule has 0 spiro atoms. The van der Waals surface area contributed by atoms with Gasteiger partial charge in [0.15, 0.2) is 6.61 Å². The molecule has 3 rings (SSSR count). The molecule has 2 aromatic rings. The van der Waals surface area contributed by atoms with E-state index in [0.29, 0.717) is 12.6 Å². The number of nitrogens with one attached hydrogen (secondary N) is 1. The van der Waals surface area contributed by atoms with E-state index in [1.165, 1.54) is 31.2 Å². The number of rotatable bonds is 7. The number of carbonyl (C=O) groups is 1. The van der Waals surface area contributed by atoms with Crippen molar-refractivity contribution in [3.05, 3.63) is 42.5 Å². The lowest BCUT2D eigenvalue weighted by atomic mass is 10.0. The molecule has 1 N–H and O–H groups in total. The molecule has 134 valence electrons. The summed E-state index contributed by atoms with van der Waals surface area (Å²) in [6.07, 6.45) is 4.94. The lowest BCUT2D eigenvalue weighted by Crippen LogP contribution is -2.39. The summed E-state index contributed by atoms with van der Waals surface area (Å²) in [6.45, 7) is 5.34. The van der Waals surface area contributed by atoms with Crippen molar-refractivity contribution in [2.24, 2.45) is 0 Å². The number of hydrogen-bond donors (Lipinski definition) is 1. The van der Waals surface area contributed by atoms with E-state index in [1.807, 2.05) is 36.4 Å². The van der Waals surface area contributed by atoms with Crippen LogP contribution >= 0.6 is 0 Å². The summed E-state index contributed by atoms with van der Waals surface area (Å²) in [5, 5.41) is 5.25. The van der Waals surface area contributed by atoms with Gasteiger partial charge in [0, 0.05) is 19.1 Å². The summed E-state index contributed by atoms with van der Waals surface area (Å²) in [7, 11) is 0. The lowest BCUT2D eigenvalue weighted by molar-refractivity contribution is -0.123. The fourth-order valence-corrected chi connectivity index (χ4v) is 3.46. The molecule has 4 heteroatoms. The van der Waals surface area contributed by atoms with Crippen molar-refractivity contribution < 1.29 is 9.53 Å². The van der Waals surface area contributed by atoms with Crippen LogP contribution in [0.4, 0.5) is 0 Å². The number of carbonyl (C=O) groups excluding carboxylic acids is 1. The number of piperidine rings is 1. The number of ether oxygens (including phenoxy) is 1. The van der Waals surface area contributed by atoms with Crippen LogP contribution in [0.2, 0.25) is 0 Å². The van der Waals surface area contributed by atoms with Crippen LogP contribution in [0.1, 0.15) is 32.6 Å². The minimum absolute atomic E-state index is 0.0557. The van der Waals surface area contributed by atoms with Gasteiger partial charge in [-0.25, -0.2) is 0 Å². The van der Waals surface area contributed by atoms with Crippen LogP contribution in [0.3, 0.4) is 0 Å². The van der Waals surface area contributed by atoms with Gasteiger partial charge in [-0.15, -0.1) is 0 Å². The van der Waals surface area contributed by atoms with Gasteiger partial charge in [0.2, 0.25) is 0 Å². The molecule has 4 nitrogen and oxygen atoms in total. The Balaban J connectivity index is 1.36. The first-order valence-electron chi connectivity index (χ1n) is 9.35. The second-order valence-electron chi connectivity index (χ2n) is 6.88. The van der Waals surface area contributed by atoms with Crippen molar-refractivity contribution in [2.45, 2.75) is 38.6 Å². The van der Waals surface area contributed by atoms with E-state index in [0.717, 1.165) is 24.1 Å². The first-order valence-corrected chi connectivity index (χ1v) is 9.35. The summed E-state index contributed by atoms with van der Waals surface area (Å²) in [4.78, 5) is 14.5. The van der Waals surface area contributed by atoms with Crippen LogP contribution in [0.25, 0.3) is 10.8 Å². The van der Waals surface area contributed by atoms with Crippen LogP contribution in [0.5, 0.6) is 5.75 Å². The van der Waals surface area contributed by atoms with E-state index in [4.69, 9.17) is 4.74 Å². The SMILES string of the molecule is C[C@H]1CCCCN1CCCNC(=O)COc1ccc2ccccc2c1. The molecule has 0 bridgehead atoms. The molecular weight excluding hydrogens is 312 g/mol. The van der Waals surface area contributed by atoms with Crippen molar-refractivity contribution in [3.8, 4) is 5.75 Å². The van der Waals surface area contributed by atoms with Gasteiger partial charge in [-0.3, -0.25) is 4.79 Å². The highest BCUT2D eigenvalue weighted by molar-refractivity contribution is 5.84. The minimum atomic E-state index is -0.0557. The zero-order chi connectivity index (χ0) is 17.5. The fraction of sp³-hybridized carbons (Fsp3) is 0.476. The summed E-state index contributed by atoms with van der Waals surface area (Å²) in [6, 6.07) is 14.7. The molecule has 0 aliphatic carbocycles. The molecule has 0 aromatic heterocycles. The molecule has 1 heterocycles. The zero-order valence-electron chi connectivity index (χ0n) is 15.0. The zero-order valence-corrected chi connectivity index (χ0v) is 15.0. The number of likely N-dealkylation sites (tertiary alicyclic amines) is 1. The maximum atomic E-state index is 11.9. The molecule has 2 aromatic carbocycles. The molecule has 1 fully saturated rings. The van der Waals surface area contributed by atoms with Crippen molar-refractivity contribution in [1.82, 2.24) is 10.2 Å². The highest BCUT2D eigenvalue weighted by Crippen LogP contribution is 2.20. The molecule has 1 amide bonds. The normalized spacial score (nSPS) is 18.2. The summed E-state index contributed by atoms with van der Waals surface area (Å²) in [5.74, 6) is 0.677. The second kappa shape index (κ2) is 8.86. The Morgan fingerprint density at radius 1 is 1.20 bits per heavy atom. The van der Waals surface area contributed by atoms with Gasteiger partial charge in [-0.2, -0.15) is 0 Å². The molecule has 25 heavy (non-hydrogen) atoms. The van der Waals surface area contributed by atoms with Gasteiger partial charge in [0.1, 0.15) is 5.75 Å². The topological polar surface area (TPSA) is 41.6 Å². The van der Waals surface area contributed by atoms with Gasteiger partial charge < -0.3 is 15.0 Å². The molecule has 0 saturated carbocycles. The van der Waals surface area contributed by atoms with E-state index in [-0.39, 0.29) is 12.5 Å². The second-order valence-corrected chi connectivity index (χ2v) is 6.88. The van der Waals surface area contributed by atoms with E-state index in [1.54, 1.807) is 0 Å². The molecule has 1 atom stereocenters. The predicted molar refractivity (Wildman–Crippen MR) is 102 cm³/mol. The Bertz CT molecular complexity index is 701. The standard InChI is InChI=1S/C21H28N2O2/c1-17-7-4-5-13-23(17)14-6-12-22-21(24)16-25-20-11-10-18-8-2-3-9-19(18)15-20/h2-3,8-11,15,17H,4-7,12-14,16H2,1H3,(H,22,24)/t17-/m0/s1. The Labute approximate surface area is 150 Å². The average Bonchev–Trinajstić information content (AvgIpc) is 2.64. The number of amides is 1. The third kappa shape index (κ3) is 5.20. The monoisotopic (exact) mass is 340 g/mol. The van der Waals surface area contributed by atoms with Crippen LogP contribution in [-0.2, 0) is 4.79 Å². The minimum Gasteiger partial charge on any atom is -0.484 e. The third-order valence-corrected chi connectivity index (χ3v) is 4.98. The summed E-state index contributed by atoms with van der Waals surface area (Å²) >= 11 is 0. The maximum absolute atomic E-state index is 11.9. The maximum Gasteiger partial charge on any atom is 0.257 e. The molecule has 1 saturated heterocycles. The van der Waals surface area contributed by atoms with Gasteiger partial charge in [0.25, 0.3) is 5.91 Å². The highest BCUT2D eigenvalue weighted by Gasteiger charge is 2.17. The quantitative estimate of drug-likeness (QED) is 0.783. The largest absolute Gasteiger partial charge is 0.484 e. The Hall–Kier alpha value is -2.07. The number of hydrogen-bond acceptors (Lipinski definition) is 3. The van der Waals surface area contributed by atoms with Crippen LogP contribution in [-0.4, -0.2) is 43.1 Å². The van der Waals surface area contributed by atoms with Gasteiger partial charge >= 0.3 is 0 Å². The van der Waals surface area contributed by atoms with Gasteiger partial charge in [0.05, 0.1) is 0 Å². The van der Waals surface area contributed by atoms with Crippen LogP contribution in [0, 0.1) is 0 Å². The molecule has 0 unspecified atom stereocenters. The Morgan fingerprint density at radius 2 is 2.04 bits per heavy atom. The molecule has 1 aliphatic rings. The van der Waals surface area contributed by atoms with Gasteiger partial charge in [-0.05, 0) is 55.6 Å². The van der Waals surface area contributed by atoms with Crippen molar-refractivity contribution in [1.29, 1.82) is 0 Å². The van der Waals surface area contributed by atoms with Crippen molar-refractivity contribution in [2.75, 3.05) is 26.2 Å². The lowest BCUT2D eigenvalue weighted by Gasteiger charge is -2.33. The molecule has 0 radical (unpaired) electrons. The van der Waals surface area contributed by atoms with Crippen molar-refractivity contribution in [3.63, 3.8) is 0 Å². The molecular formula is C21H28N2O2. The average molecular weight is 340 g/mol. The van der Waals surface area contributed by atoms with E-state index >= 15 is 0 Å². The summed E-state index contributed by atoms with van der Waals surface area (Å²) < 4.78 is 5.62. The highest BCUT2D eigenvalue weighted by atomic mass is 16.5. The van der Waals surface area contributed by atoms with E-state index in [9.17, 15) is 4.79 Å². The smallest absolute Gasteiger partial charge is 0.257 e. The van der Waals surface area contributed by atoms with E-state index < -0.39 is 0 Å². The predicted octanol–water partition coefficient (Wildman–Crippen LogP) is 3.60. The Morgan fingerprint density at radius 3 is 2.88 bits per heavy atom. The van der Waals surface area contributed by atoms with Gasteiger partial charge in [-0.1, -0.05) is 36.8 Å². The fourth-order valence-electron chi connectivity index (χ4n) is 3.46. The number of benzene rings is 2. The first-order chi connectivity index (χ1) is 12.2. The third-order valence-electron chi connectivity index (χ3n) is 4.98. The Kier molecular flexibility index (Phi) is 6.29. The summed E-state index contributed by atoms with van der Waals surface area (Å²) in [5.41, 5.74) is 0.